The van der Waals surface area contributed by atoms with Gasteiger partial charge in [0.1, 0.15) is 0 Å². The normalized spacial score (nSPS) is 16.4. The highest BCUT2D eigenvalue weighted by Crippen LogP contribution is 2.07. The van der Waals surface area contributed by atoms with Crippen LogP contribution in [0.4, 0.5) is 4.79 Å². The first-order chi connectivity index (χ1) is 7.25. The summed E-state index contributed by atoms with van der Waals surface area (Å²) in [6, 6.07) is 9.43. The van der Waals surface area contributed by atoms with Gasteiger partial charge in [0, 0.05) is 19.5 Å². The molecule has 4 heteroatoms. The fourth-order valence-electron chi connectivity index (χ4n) is 1.55. The third-order valence-corrected chi connectivity index (χ3v) is 2.36. The Labute approximate surface area is 87.9 Å². The summed E-state index contributed by atoms with van der Waals surface area (Å²) in [5.74, 6) is -0.190. The van der Waals surface area contributed by atoms with Crippen LogP contribution in [0.25, 0.3) is 0 Å². The number of carbonyl (C=O) groups is 2. The Hall–Kier alpha value is -1.84. The standard InChI is InChI=1S/C11H12N2O2/c14-10-6-7-13(11(15)12-10)8-9-4-2-1-3-5-9/h1-5H,6-8H2,(H,12,14,15). The minimum atomic E-state index is -0.296. The van der Waals surface area contributed by atoms with Crippen LogP contribution in [-0.2, 0) is 11.3 Å². The Balaban J connectivity index is 2.01. The molecule has 0 unspecified atom stereocenters. The van der Waals surface area contributed by atoms with Crippen molar-refractivity contribution in [1.29, 1.82) is 0 Å². The van der Waals surface area contributed by atoms with Crippen LogP contribution in [0.5, 0.6) is 0 Å². The fraction of sp³-hybridized carbons (Fsp3) is 0.273. The second-order valence-electron chi connectivity index (χ2n) is 3.51. The molecule has 0 aromatic heterocycles. The lowest BCUT2D eigenvalue weighted by atomic mass is 10.2. The van der Waals surface area contributed by atoms with Crippen LogP contribution in [0.1, 0.15) is 12.0 Å². The van der Waals surface area contributed by atoms with E-state index in [1.807, 2.05) is 30.3 Å². The van der Waals surface area contributed by atoms with Crippen LogP contribution >= 0.6 is 0 Å². The van der Waals surface area contributed by atoms with E-state index in [4.69, 9.17) is 0 Å². The van der Waals surface area contributed by atoms with Gasteiger partial charge in [-0.25, -0.2) is 4.79 Å². The zero-order valence-electron chi connectivity index (χ0n) is 8.27. The van der Waals surface area contributed by atoms with E-state index >= 15 is 0 Å². The molecule has 1 saturated heterocycles. The monoisotopic (exact) mass is 204 g/mol. The maximum Gasteiger partial charge on any atom is 0.324 e. The second kappa shape index (κ2) is 4.13. The quantitative estimate of drug-likeness (QED) is 0.785. The summed E-state index contributed by atoms with van der Waals surface area (Å²) < 4.78 is 0. The van der Waals surface area contributed by atoms with Gasteiger partial charge in [-0.3, -0.25) is 10.1 Å². The highest BCUT2D eigenvalue weighted by Gasteiger charge is 2.22. The molecule has 2 rings (SSSR count). The molecule has 0 spiro atoms. The Bertz CT molecular complexity index is 375. The van der Waals surface area contributed by atoms with Gasteiger partial charge in [0.05, 0.1) is 0 Å². The molecule has 4 nitrogen and oxygen atoms in total. The van der Waals surface area contributed by atoms with E-state index in [0.717, 1.165) is 5.56 Å². The number of urea groups is 1. The van der Waals surface area contributed by atoms with Crippen molar-refractivity contribution in [2.75, 3.05) is 6.54 Å². The molecule has 0 bridgehead atoms. The largest absolute Gasteiger partial charge is 0.324 e. The first-order valence-electron chi connectivity index (χ1n) is 4.88. The first-order valence-corrected chi connectivity index (χ1v) is 4.88. The number of nitrogens with zero attached hydrogens (tertiary/aromatic N) is 1. The number of carbonyl (C=O) groups excluding carboxylic acids is 2. The Kier molecular flexibility index (Phi) is 2.67. The summed E-state index contributed by atoms with van der Waals surface area (Å²) >= 11 is 0. The molecule has 1 heterocycles. The molecule has 0 saturated carbocycles. The van der Waals surface area contributed by atoms with Gasteiger partial charge in [0.15, 0.2) is 0 Å². The maximum atomic E-state index is 11.4. The molecular weight excluding hydrogens is 192 g/mol. The van der Waals surface area contributed by atoms with E-state index in [9.17, 15) is 9.59 Å². The lowest BCUT2D eigenvalue weighted by molar-refractivity contribution is -0.121. The van der Waals surface area contributed by atoms with Gasteiger partial charge >= 0.3 is 6.03 Å². The molecule has 1 aromatic rings. The zero-order chi connectivity index (χ0) is 10.7. The van der Waals surface area contributed by atoms with E-state index in [-0.39, 0.29) is 11.9 Å². The van der Waals surface area contributed by atoms with Crippen molar-refractivity contribution in [2.45, 2.75) is 13.0 Å². The summed E-state index contributed by atoms with van der Waals surface area (Å²) in [6.07, 6.45) is 0.387. The van der Waals surface area contributed by atoms with Crippen LogP contribution in [0.15, 0.2) is 30.3 Å². The Morgan fingerprint density at radius 3 is 2.60 bits per heavy atom. The molecule has 78 valence electrons. The average Bonchev–Trinajstić information content (AvgIpc) is 2.24. The summed E-state index contributed by atoms with van der Waals surface area (Å²) in [4.78, 5) is 24.0. The number of benzene rings is 1. The molecule has 3 amide bonds. The van der Waals surface area contributed by atoms with Crippen LogP contribution in [0.3, 0.4) is 0 Å². The molecule has 0 aliphatic carbocycles. The van der Waals surface area contributed by atoms with Crippen molar-refractivity contribution in [1.82, 2.24) is 10.2 Å². The van der Waals surface area contributed by atoms with E-state index in [1.54, 1.807) is 4.90 Å². The third kappa shape index (κ3) is 2.34. The molecule has 1 N–H and O–H groups in total. The van der Waals surface area contributed by atoms with Gasteiger partial charge in [0.25, 0.3) is 0 Å². The molecule has 1 aliphatic heterocycles. The number of hydrogen-bond acceptors (Lipinski definition) is 2. The van der Waals surface area contributed by atoms with Crippen LogP contribution < -0.4 is 5.32 Å². The highest BCUT2D eigenvalue weighted by molar-refractivity contribution is 5.96. The van der Waals surface area contributed by atoms with Crippen molar-refractivity contribution < 1.29 is 9.59 Å². The molecule has 1 aromatic carbocycles. The van der Waals surface area contributed by atoms with Gasteiger partial charge in [-0.05, 0) is 5.56 Å². The molecule has 1 fully saturated rings. The minimum absolute atomic E-state index is 0.190. The van der Waals surface area contributed by atoms with Gasteiger partial charge in [-0.1, -0.05) is 30.3 Å². The average molecular weight is 204 g/mol. The van der Waals surface area contributed by atoms with Crippen LogP contribution in [0.2, 0.25) is 0 Å². The predicted molar refractivity (Wildman–Crippen MR) is 55.0 cm³/mol. The van der Waals surface area contributed by atoms with Crippen molar-refractivity contribution >= 4 is 11.9 Å². The molecule has 0 atom stereocenters. The number of rotatable bonds is 2. The highest BCUT2D eigenvalue weighted by atomic mass is 16.2. The van der Waals surface area contributed by atoms with Gasteiger partial charge < -0.3 is 4.90 Å². The van der Waals surface area contributed by atoms with Crippen molar-refractivity contribution in [2.24, 2.45) is 0 Å². The lowest BCUT2D eigenvalue weighted by Crippen LogP contribution is -2.48. The predicted octanol–water partition coefficient (Wildman–Crippen LogP) is 1.13. The van der Waals surface area contributed by atoms with E-state index < -0.39 is 0 Å². The lowest BCUT2D eigenvalue weighted by Gasteiger charge is -2.26. The number of nitrogens with one attached hydrogen (secondary N) is 1. The summed E-state index contributed by atoms with van der Waals surface area (Å²) in [5.41, 5.74) is 1.07. The third-order valence-electron chi connectivity index (χ3n) is 2.36. The van der Waals surface area contributed by atoms with E-state index in [0.29, 0.717) is 19.5 Å². The number of amides is 3. The number of imide groups is 1. The van der Waals surface area contributed by atoms with Gasteiger partial charge in [-0.15, -0.1) is 0 Å². The Morgan fingerprint density at radius 2 is 1.93 bits per heavy atom. The molecule has 0 radical (unpaired) electrons. The molecule has 1 aliphatic rings. The zero-order valence-corrected chi connectivity index (χ0v) is 8.27. The Morgan fingerprint density at radius 1 is 1.20 bits per heavy atom. The smallest absolute Gasteiger partial charge is 0.320 e. The second-order valence-corrected chi connectivity index (χ2v) is 3.51. The van der Waals surface area contributed by atoms with Gasteiger partial charge in [0.2, 0.25) is 5.91 Å². The molecule has 15 heavy (non-hydrogen) atoms. The molecular formula is C11H12N2O2. The van der Waals surface area contributed by atoms with Crippen LogP contribution in [-0.4, -0.2) is 23.4 Å². The van der Waals surface area contributed by atoms with Gasteiger partial charge in [-0.2, -0.15) is 0 Å². The van der Waals surface area contributed by atoms with E-state index in [2.05, 4.69) is 5.32 Å². The van der Waals surface area contributed by atoms with Crippen molar-refractivity contribution in [3.05, 3.63) is 35.9 Å². The first kappa shape index (κ1) is 9.71. The van der Waals surface area contributed by atoms with Crippen molar-refractivity contribution in [3.8, 4) is 0 Å². The SMILES string of the molecule is O=C1CCN(Cc2ccccc2)C(=O)N1. The summed E-state index contributed by atoms with van der Waals surface area (Å²) in [5, 5.41) is 2.30. The topological polar surface area (TPSA) is 49.4 Å². The van der Waals surface area contributed by atoms with E-state index in [1.165, 1.54) is 0 Å². The number of hydrogen-bond donors (Lipinski definition) is 1. The van der Waals surface area contributed by atoms with Crippen molar-refractivity contribution in [3.63, 3.8) is 0 Å². The summed E-state index contributed by atoms with van der Waals surface area (Å²) in [6.45, 7) is 1.06. The minimum Gasteiger partial charge on any atom is -0.320 e. The fourth-order valence-corrected chi connectivity index (χ4v) is 1.55. The van der Waals surface area contributed by atoms with Crippen LogP contribution in [0, 0.1) is 0 Å². The maximum absolute atomic E-state index is 11.4. The summed E-state index contributed by atoms with van der Waals surface area (Å²) in [7, 11) is 0.